The van der Waals surface area contributed by atoms with Crippen molar-refractivity contribution in [2.24, 2.45) is 5.73 Å². The van der Waals surface area contributed by atoms with Gasteiger partial charge in [0, 0.05) is 12.1 Å². The van der Waals surface area contributed by atoms with Crippen LogP contribution in [0.2, 0.25) is 0 Å². The van der Waals surface area contributed by atoms with Crippen molar-refractivity contribution in [1.82, 2.24) is 20.2 Å². The van der Waals surface area contributed by atoms with Gasteiger partial charge in [0.15, 0.2) is 11.5 Å². The molecule has 0 aliphatic carbocycles. The minimum Gasteiger partial charge on any atom is -0.394 e. The van der Waals surface area contributed by atoms with Crippen molar-refractivity contribution in [2.75, 3.05) is 12.3 Å². The number of ether oxygens (including phenoxy) is 1. The summed E-state index contributed by atoms with van der Waals surface area (Å²) >= 11 is 0. The molecule has 1 fully saturated rings. The molecule has 3 aromatic carbocycles. The van der Waals surface area contributed by atoms with E-state index in [1.807, 2.05) is 91.0 Å². The zero-order valence-electron chi connectivity index (χ0n) is 26.1. The van der Waals surface area contributed by atoms with Gasteiger partial charge in [-0.05, 0) is 42.4 Å². The number of fused-ring (bicyclic) bond motifs is 1. The summed E-state index contributed by atoms with van der Waals surface area (Å²) in [7, 11) is -5.12. The van der Waals surface area contributed by atoms with Gasteiger partial charge in [-0.1, -0.05) is 91.0 Å². The van der Waals surface area contributed by atoms with Gasteiger partial charge in [0.05, 0.1) is 23.5 Å². The Hall–Kier alpha value is -4.04. The van der Waals surface area contributed by atoms with E-state index < -0.39 is 37.3 Å². The molecule has 6 rings (SSSR count). The van der Waals surface area contributed by atoms with Crippen LogP contribution in [0.5, 0.6) is 0 Å². The average Bonchev–Trinajstić information content (AvgIpc) is 3.67. The minimum atomic E-state index is -5.12. The van der Waals surface area contributed by atoms with Crippen molar-refractivity contribution in [3.63, 3.8) is 0 Å². The predicted octanol–water partition coefficient (Wildman–Crippen LogP) is 3.63. The number of unbranched alkanes of at least 4 members (excludes halogenated alkanes) is 1. The number of benzene rings is 3. The Balaban J connectivity index is 1.32. The van der Waals surface area contributed by atoms with Gasteiger partial charge in [0.25, 0.3) is 0 Å². The number of nitrogens with one attached hydrogen (secondary N) is 1. The number of aliphatic hydroxyl groups excluding tert-OH is 2. The average molecular weight is 675 g/mol. The first kappa shape index (κ1) is 33.8. The Kier molecular flexibility index (Phi) is 9.75. The molecule has 252 valence electrons. The fraction of sp³-hybridized carbons (Fsp3) is 0.324. The lowest BCUT2D eigenvalue weighted by atomic mass is 9.61. The summed E-state index contributed by atoms with van der Waals surface area (Å²) in [6, 6.07) is 28.1. The lowest BCUT2D eigenvalue weighted by Crippen LogP contribution is -2.61. The molecule has 14 heteroatoms. The van der Waals surface area contributed by atoms with E-state index in [-0.39, 0.29) is 31.1 Å². The third kappa shape index (κ3) is 6.51. The maximum Gasteiger partial charge on any atom is 0.471 e. The summed E-state index contributed by atoms with van der Waals surface area (Å²) in [5, 5.41) is 27.4. The van der Waals surface area contributed by atoms with Gasteiger partial charge in [-0.2, -0.15) is 5.10 Å². The molecule has 1 unspecified atom stereocenters. The number of nitrogen functional groups attached to an aromatic ring is 1. The van der Waals surface area contributed by atoms with Crippen LogP contribution in [0.3, 0.4) is 0 Å². The lowest BCUT2D eigenvalue weighted by Gasteiger charge is -2.49. The van der Waals surface area contributed by atoms with Crippen LogP contribution in [0, 0.1) is 0 Å². The van der Waals surface area contributed by atoms with Crippen molar-refractivity contribution >= 4 is 24.7 Å². The van der Waals surface area contributed by atoms with Crippen LogP contribution in [-0.4, -0.2) is 64.7 Å². The van der Waals surface area contributed by atoms with Gasteiger partial charge >= 0.3 is 7.82 Å². The number of anilines is 1. The van der Waals surface area contributed by atoms with Crippen molar-refractivity contribution < 1.29 is 33.8 Å². The molecule has 0 radical (unpaired) electrons. The van der Waals surface area contributed by atoms with E-state index in [1.165, 1.54) is 0 Å². The molecule has 1 aliphatic heterocycles. The molecule has 0 spiro atoms. The first-order valence-corrected chi connectivity index (χ1v) is 17.3. The monoisotopic (exact) mass is 674 g/mol. The SMILES string of the molecule is Nc1nc([C@@H]2C[C@H](O)[C@@H](CO)O2)nc2n[nH]c(CCCCC(N)(OP(=O)(O)O)C(c3ccccc3)(c3ccccc3)c3ccccc3)c12. The number of nitrogens with zero attached hydrogens (tertiary/aromatic N) is 3. The second-order valence-corrected chi connectivity index (χ2v) is 13.2. The van der Waals surface area contributed by atoms with Crippen LogP contribution in [0.4, 0.5) is 5.82 Å². The maximum atomic E-state index is 12.7. The highest BCUT2D eigenvalue weighted by Gasteiger charge is 2.56. The Morgan fingerprint density at radius 3 is 1.98 bits per heavy atom. The summed E-state index contributed by atoms with van der Waals surface area (Å²) in [6.07, 6.45) is -0.534. The normalized spacial score (nSPS) is 19.8. The van der Waals surface area contributed by atoms with E-state index in [1.54, 1.807) is 0 Å². The highest BCUT2D eigenvalue weighted by molar-refractivity contribution is 7.46. The van der Waals surface area contributed by atoms with Crippen LogP contribution in [0.25, 0.3) is 11.0 Å². The number of hydrogen-bond acceptors (Lipinski definition) is 10. The molecule has 2 aromatic heterocycles. The summed E-state index contributed by atoms with van der Waals surface area (Å²) in [5.74, 6) is 0.466. The first-order valence-electron chi connectivity index (χ1n) is 15.7. The number of H-pyrrole nitrogens is 1. The molecular weight excluding hydrogens is 635 g/mol. The van der Waals surface area contributed by atoms with E-state index in [9.17, 15) is 24.6 Å². The lowest BCUT2D eigenvalue weighted by molar-refractivity contribution is -0.0246. The molecule has 4 atom stereocenters. The fourth-order valence-corrected chi connectivity index (χ4v) is 7.57. The molecule has 5 aromatic rings. The van der Waals surface area contributed by atoms with Crippen molar-refractivity contribution in [2.45, 2.75) is 61.6 Å². The van der Waals surface area contributed by atoms with Crippen molar-refractivity contribution in [3.05, 3.63) is 119 Å². The van der Waals surface area contributed by atoms with E-state index in [0.717, 1.165) is 0 Å². The Bertz CT molecular complexity index is 1780. The number of nitrogens with two attached hydrogens (primary N) is 2. The van der Waals surface area contributed by atoms with Gasteiger partial charge in [0.2, 0.25) is 0 Å². The Morgan fingerprint density at radius 1 is 0.917 bits per heavy atom. The maximum absolute atomic E-state index is 12.7. The minimum absolute atomic E-state index is 0.0619. The zero-order chi connectivity index (χ0) is 33.9. The molecular formula is C34H39N6O7P. The number of phosphoric acid groups is 1. The third-order valence-electron chi connectivity index (χ3n) is 8.99. The molecule has 13 nitrogen and oxygen atoms in total. The van der Waals surface area contributed by atoms with Crippen LogP contribution < -0.4 is 11.5 Å². The molecule has 0 amide bonds. The largest absolute Gasteiger partial charge is 0.471 e. The van der Waals surface area contributed by atoms with Gasteiger partial charge in [-0.15, -0.1) is 0 Å². The van der Waals surface area contributed by atoms with Crippen molar-refractivity contribution in [1.29, 1.82) is 0 Å². The highest BCUT2D eigenvalue weighted by Crippen LogP contribution is 2.54. The molecule has 9 N–H and O–H groups in total. The zero-order valence-corrected chi connectivity index (χ0v) is 27.0. The summed E-state index contributed by atoms with van der Waals surface area (Å²) in [4.78, 5) is 29.5. The Labute approximate surface area is 277 Å². The number of rotatable bonds is 13. The molecule has 1 saturated heterocycles. The van der Waals surface area contributed by atoms with E-state index in [2.05, 4.69) is 20.2 Å². The number of phosphoric ester groups is 1. The summed E-state index contributed by atoms with van der Waals surface area (Å²) in [6.45, 7) is -0.325. The predicted molar refractivity (Wildman–Crippen MR) is 178 cm³/mol. The molecule has 3 heterocycles. The second kappa shape index (κ2) is 13.8. The number of aliphatic hydroxyl groups is 2. The number of aryl methyl sites for hydroxylation is 1. The standard InChI is InChI=1S/C34H39N6O7P/c35-30-29-25(39-40-32(29)38-31(37-30)27-20-26(42)28(21-41)46-27)18-10-11-19-33(36,47-48(43,44)45)34(22-12-4-1-5-13-22,23-14-6-2-7-15-23)24-16-8-3-9-17-24/h1-9,12-17,26-28,41-42H,10-11,18-21,36H2,(H2,43,44,45)(H3,35,37,38,39,40)/t26-,27-,28+,33?/m0/s1. The van der Waals surface area contributed by atoms with Gasteiger partial charge in [-0.25, -0.2) is 14.5 Å². The van der Waals surface area contributed by atoms with Crippen molar-refractivity contribution in [3.8, 4) is 0 Å². The van der Waals surface area contributed by atoms with Crippen LogP contribution in [0.1, 0.15) is 60.0 Å². The first-order chi connectivity index (χ1) is 23.1. The second-order valence-electron chi connectivity index (χ2n) is 12.0. The number of hydrogen-bond donors (Lipinski definition) is 7. The topological polar surface area (TPSA) is 223 Å². The smallest absolute Gasteiger partial charge is 0.394 e. The van der Waals surface area contributed by atoms with Crippen LogP contribution >= 0.6 is 7.82 Å². The van der Waals surface area contributed by atoms with E-state index in [0.29, 0.717) is 52.7 Å². The third-order valence-corrected chi connectivity index (χ3v) is 9.55. The molecule has 1 aliphatic rings. The fourth-order valence-electron chi connectivity index (χ4n) is 6.91. The van der Waals surface area contributed by atoms with Gasteiger partial charge in [-0.3, -0.25) is 9.62 Å². The molecule has 0 saturated carbocycles. The van der Waals surface area contributed by atoms with Crippen LogP contribution in [0.15, 0.2) is 91.0 Å². The highest BCUT2D eigenvalue weighted by atomic mass is 31.2. The van der Waals surface area contributed by atoms with Crippen LogP contribution in [-0.2, 0) is 25.7 Å². The number of aromatic nitrogens is 4. The molecule has 48 heavy (non-hydrogen) atoms. The van der Waals surface area contributed by atoms with Gasteiger partial charge in [0.1, 0.15) is 23.8 Å². The summed E-state index contributed by atoms with van der Waals surface area (Å²) < 4.78 is 24.1. The number of aromatic amines is 1. The van der Waals surface area contributed by atoms with E-state index >= 15 is 0 Å². The van der Waals surface area contributed by atoms with E-state index in [4.69, 9.17) is 20.7 Å². The van der Waals surface area contributed by atoms with Gasteiger partial charge < -0.3 is 36.2 Å². The Morgan fingerprint density at radius 2 is 1.48 bits per heavy atom. The molecule has 0 bridgehead atoms. The summed E-state index contributed by atoms with van der Waals surface area (Å²) in [5.41, 5.74) is 13.5. The quantitative estimate of drug-likeness (QED) is 0.0412.